The lowest BCUT2D eigenvalue weighted by atomic mass is 9.84. The Bertz CT molecular complexity index is 398. The van der Waals surface area contributed by atoms with Gasteiger partial charge in [-0.05, 0) is 80.5 Å². The fraction of sp³-hybridized carbons (Fsp3) is 0.647. The van der Waals surface area contributed by atoms with Crippen molar-refractivity contribution in [1.82, 2.24) is 4.90 Å². The molecular formula is C17H24FNS. The van der Waals surface area contributed by atoms with Crippen molar-refractivity contribution in [2.24, 2.45) is 11.8 Å². The van der Waals surface area contributed by atoms with Crippen LogP contribution in [0.1, 0.15) is 32.1 Å². The maximum absolute atomic E-state index is 12.8. The van der Waals surface area contributed by atoms with E-state index in [0.717, 1.165) is 17.6 Å². The third-order valence-electron chi connectivity index (χ3n) is 4.70. The van der Waals surface area contributed by atoms with Crippen LogP contribution in [0.15, 0.2) is 29.2 Å². The van der Waals surface area contributed by atoms with Crippen molar-refractivity contribution in [3.8, 4) is 0 Å². The molecule has 0 atom stereocenters. The van der Waals surface area contributed by atoms with E-state index in [1.807, 2.05) is 23.9 Å². The van der Waals surface area contributed by atoms with Crippen molar-refractivity contribution in [2.45, 2.75) is 37.0 Å². The standard InChI is InChI=1S/C17H24FNS/c18-16-6-8-17(9-7-16)20-11-1-10-19-12-14-2-3-15(13-19)5-4-14/h6-9,14-15H,1-5,10-13H2. The number of rotatable bonds is 5. The molecule has 2 aliphatic heterocycles. The molecule has 20 heavy (non-hydrogen) atoms. The monoisotopic (exact) mass is 293 g/mol. The van der Waals surface area contributed by atoms with Gasteiger partial charge in [0, 0.05) is 18.0 Å². The lowest BCUT2D eigenvalue weighted by Crippen LogP contribution is -2.29. The summed E-state index contributed by atoms with van der Waals surface area (Å²) in [5, 5.41) is 0. The van der Waals surface area contributed by atoms with Crippen molar-refractivity contribution in [3.05, 3.63) is 30.1 Å². The van der Waals surface area contributed by atoms with Crippen LogP contribution >= 0.6 is 11.8 Å². The summed E-state index contributed by atoms with van der Waals surface area (Å²) in [6.45, 7) is 3.90. The van der Waals surface area contributed by atoms with Crippen molar-refractivity contribution < 1.29 is 4.39 Å². The average Bonchev–Trinajstić information content (AvgIpc) is 2.78. The van der Waals surface area contributed by atoms with Gasteiger partial charge in [0.15, 0.2) is 0 Å². The molecule has 0 radical (unpaired) electrons. The normalized spacial score (nSPS) is 26.6. The minimum absolute atomic E-state index is 0.144. The summed E-state index contributed by atoms with van der Waals surface area (Å²) in [6.07, 6.45) is 7.09. The van der Waals surface area contributed by atoms with Crippen molar-refractivity contribution in [3.63, 3.8) is 0 Å². The van der Waals surface area contributed by atoms with Crippen LogP contribution in [0.25, 0.3) is 0 Å². The first-order chi connectivity index (χ1) is 9.79. The zero-order chi connectivity index (χ0) is 13.8. The van der Waals surface area contributed by atoms with Gasteiger partial charge in [-0.1, -0.05) is 0 Å². The van der Waals surface area contributed by atoms with E-state index < -0.39 is 0 Å². The van der Waals surface area contributed by atoms with Crippen LogP contribution in [0.3, 0.4) is 0 Å². The van der Waals surface area contributed by atoms with Crippen molar-refractivity contribution >= 4 is 11.8 Å². The average molecular weight is 293 g/mol. The Hall–Kier alpha value is -0.540. The van der Waals surface area contributed by atoms with Gasteiger partial charge in [-0.25, -0.2) is 4.39 Å². The summed E-state index contributed by atoms with van der Waals surface area (Å²) < 4.78 is 12.8. The number of thioether (sulfide) groups is 1. The molecule has 2 saturated heterocycles. The minimum Gasteiger partial charge on any atom is -0.303 e. The summed E-state index contributed by atoms with van der Waals surface area (Å²) in [7, 11) is 0. The Morgan fingerprint density at radius 3 is 2.20 bits per heavy atom. The van der Waals surface area contributed by atoms with Crippen LogP contribution in [-0.2, 0) is 0 Å². The molecule has 1 aromatic carbocycles. The highest BCUT2D eigenvalue weighted by molar-refractivity contribution is 7.99. The van der Waals surface area contributed by atoms with Gasteiger partial charge < -0.3 is 4.90 Å². The molecule has 0 spiro atoms. The number of halogens is 1. The van der Waals surface area contributed by atoms with Crippen molar-refractivity contribution in [1.29, 1.82) is 0 Å². The zero-order valence-electron chi connectivity index (χ0n) is 12.1. The summed E-state index contributed by atoms with van der Waals surface area (Å²) in [5.41, 5.74) is 0. The predicted octanol–water partition coefficient (Wildman–Crippen LogP) is 4.43. The summed E-state index contributed by atoms with van der Waals surface area (Å²) in [6, 6.07) is 6.86. The second kappa shape index (κ2) is 6.95. The SMILES string of the molecule is Fc1ccc(SCCCN2CC3CCC(CC3)C2)cc1. The molecule has 1 aromatic rings. The molecular weight excluding hydrogens is 269 g/mol. The highest BCUT2D eigenvalue weighted by Gasteiger charge is 2.28. The first-order valence-electron chi connectivity index (χ1n) is 7.90. The van der Waals surface area contributed by atoms with Gasteiger partial charge >= 0.3 is 0 Å². The molecule has 0 amide bonds. The Morgan fingerprint density at radius 1 is 1.00 bits per heavy atom. The number of hydrogen-bond acceptors (Lipinski definition) is 2. The van der Waals surface area contributed by atoms with Crippen LogP contribution in [0.4, 0.5) is 4.39 Å². The molecule has 110 valence electrons. The number of fused-ring (bicyclic) bond motifs is 4. The zero-order valence-corrected chi connectivity index (χ0v) is 12.9. The summed E-state index contributed by atoms with van der Waals surface area (Å²) >= 11 is 1.85. The largest absolute Gasteiger partial charge is 0.303 e. The smallest absolute Gasteiger partial charge is 0.123 e. The van der Waals surface area contributed by atoms with Crippen LogP contribution < -0.4 is 0 Å². The lowest BCUT2D eigenvalue weighted by Gasteiger charge is -2.21. The molecule has 1 nitrogen and oxygen atoms in total. The third kappa shape index (κ3) is 3.98. The second-order valence-corrected chi connectivity index (χ2v) is 7.47. The first kappa shape index (κ1) is 14.4. The van der Waals surface area contributed by atoms with Crippen LogP contribution in [0, 0.1) is 17.7 Å². The Balaban J connectivity index is 1.38. The van der Waals surface area contributed by atoms with Gasteiger partial charge in [-0.2, -0.15) is 0 Å². The highest BCUT2D eigenvalue weighted by Crippen LogP contribution is 2.33. The Kier molecular flexibility index (Phi) is 5.00. The molecule has 0 unspecified atom stereocenters. The topological polar surface area (TPSA) is 3.24 Å². The van der Waals surface area contributed by atoms with Gasteiger partial charge in [0.1, 0.15) is 5.82 Å². The highest BCUT2D eigenvalue weighted by atomic mass is 32.2. The van der Waals surface area contributed by atoms with E-state index in [0.29, 0.717) is 0 Å². The van der Waals surface area contributed by atoms with E-state index >= 15 is 0 Å². The summed E-state index contributed by atoms with van der Waals surface area (Å²) in [5.74, 6) is 2.93. The number of nitrogens with zero attached hydrogens (tertiary/aromatic N) is 1. The van der Waals surface area contributed by atoms with E-state index in [1.165, 1.54) is 56.6 Å². The van der Waals surface area contributed by atoms with Gasteiger partial charge in [-0.15, -0.1) is 11.8 Å². The van der Waals surface area contributed by atoms with Crippen molar-refractivity contribution in [2.75, 3.05) is 25.4 Å². The van der Waals surface area contributed by atoms with E-state index in [4.69, 9.17) is 0 Å². The minimum atomic E-state index is -0.144. The molecule has 3 aliphatic rings. The van der Waals surface area contributed by atoms with Crippen LogP contribution in [-0.4, -0.2) is 30.3 Å². The molecule has 0 aromatic heterocycles. The molecule has 2 bridgehead atoms. The van der Waals surface area contributed by atoms with Crippen LogP contribution in [0.2, 0.25) is 0 Å². The molecule has 2 heterocycles. The quantitative estimate of drug-likeness (QED) is 0.583. The van der Waals surface area contributed by atoms with Crippen LogP contribution in [0.5, 0.6) is 0 Å². The number of benzene rings is 1. The maximum Gasteiger partial charge on any atom is 0.123 e. The number of hydrogen-bond donors (Lipinski definition) is 0. The Morgan fingerprint density at radius 2 is 1.60 bits per heavy atom. The maximum atomic E-state index is 12.8. The van der Waals surface area contributed by atoms with E-state index in [2.05, 4.69) is 4.90 Å². The van der Waals surface area contributed by atoms with E-state index in [9.17, 15) is 4.39 Å². The lowest BCUT2D eigenvalue weighted by molar-refractivity contribution is 0.254. The summed E-state index contributed by atoms with van der Waals surface area (Å²) in [4.78, 5) is 3.88. The second-order valence-electron chi connectivity index (χ2n) is 6.30. The molecule has 0 N–H and O–H groups in total. The third-order valence-corrected chi connectivity index (χ3v) is 5.80. The molecule has 1 aliphatic carbocycles. The predicted molar refractivity (Wildman–Crippen MR) is 83.6 cm³/mol. The van der Waals surface area contributed by atoms with Gasteiger partial charge in [0.25, 0.3) is 0 Å². The van der Waals surface area contributed by atoms with E-state index in [1.54, 1.807) is 12.1 Å². The fourth-order valence-corrected chi connectivity index (χ4v) is 4.43. The van der Waals surface area contributed by atoms with Gasteiger partial charge in [0.2, 0.25) is 0 Å². The molecule has 4 rings (SSSR count). The van der Waals surface area contributed by atoms with Gasteiger partial charge in [-0.3, -0.25) is 0 Å². The molecule has 1 saturated carbocycles. The molecule has 3 heteroatoms. The first-order valence-corrected chi connectivity index (χ1v) is 8.89. The van der Waals surface area contributed by atoms with Gasteiger partial charge in [0.05, 0.1) is 0 Å². The molecule has 3 fully saturated rings. The van der Waals surface area contributed by atoms with E-state index in [-0.39, 0.29) is 5.82 Å². The fourth-order valence-electron chi connectivity index (χ4n) is 3.59. The Labute approximate surface area is 125 Å².